The summed E-state index contributed by atoms with van der Waals surface area (Å²) in [6, 6.07) is 23.6. The Morgan fingerprint density at radius 1 is 0.474 bits per heavy atom. The van der Waals surface area contributed by atoms with Crippen molar-refractivity contribution in [3.05, 3.63) is 205 Å². The molecule has 0 bridgehead atoms. The predicted molar refractivity (Wildman–Crippen MR) is 270 cm³/mol. The summed E-state index contributed by atoms with van der Waals surface area (Å²) in [7, 11) is 0. The lowest BCUT2D eigenvalue weighted by Crippen LogP contribution is -2.04. The summed E-state index contributed by atoms with van der Waals surface area (Å²) in [4.78, 5) is 54.8. The van der Waals surface area contributed by atoms with Crippen LogP contribution in [-0.4, -0.2) is 46.6 Å². The van der Waals surface area contributed by atoms with Crippen LogP contribution in [0.2, 0.25) is 0 Å². The van der Waals surface area contributed by atoms with Crippen LogP contribution in [0.1, 0.15) is 11.1 Å². The number of esters is 3. The van der Waals surface area contributed by atoms with Crippen LogP contribution in [0.4, 0.5) is 32.0 Å². The van der Waals surface area contributed by atoms with Gasteiger partial charge in [-0.3, -0.25) is 13.7 Å². The minimum atomic E-state index is -1.17. The van der Waals surface area contributed by atoms with E-state index >= 15 is 26.3 Å². The van der Waals surface area contributed by atoms with Crippen LogP contribution in [0.3, 0.4) is 0 Å². The van der Waals surface area contributed by atoms with Crippen molar-refractivity contribution in [1.29, 1.82) is 10.5 Å². The molecule has 7 aromatic carbocycles. The smallest absolute Gasteiger partial charge is 0.335 e. The van der Waals surface area contributed by atoms with Gasteiger partial charge in [-0.15, -0.1) is 0 Å². The van der Waals surface area contributed by atoms with Crippen LogP contribution in [0.25, 0.3) is 89.2 Å². The molecule has 378 valence electrons. The highest BCUT2D eigenvalue weighted by Crippen LogP contribution is 2.46. The average Bonchev–Trinajstić information content (AvgIpc) is 3.83. The van der Waals surface area contributed by atoms with E-state index in [4.69, 9.17) is 35.7 Å². The first-order chi connectivity index (χ1) is 37.6. The quantitative estimate of drug-likeness (QED) is 0.0373. The van der Waals surface area contributed by atoms with E-state index in [2.05, 4.69) is 24.6 Å². The number of hydrogen-bond acceptors (Lipinski definition) is 11. The van der Waals surface area contributed by atoms with Gasteiger partial charge in [0.05, 0.1) is 34.4 Å². The Bertz CT molecular complexity index is 3940. The molecule has 0 aliphatic carbocycles. The van der Waals surface area contributed by atoms with Crippen LogP contribution in [0, 0.1) is 64.1 Å². The molecule has 0 spiro atoms. The summed E-state index contributed by atoms with van der Waals surface area (Å²) < 4.78 is 118. The maximum atomic E-state index is 16.7. The van der Waals surface area contributed by atoms with Gasteiger partial charge in [-0.05, 0) is 109 Å². The fraction of sp³-hybridized carbons (Fsp3) is 0. The first kappa shape index (κ1) is 50.2. The van der Waals surface area contributed by atoms with E-state index in [0.717, 1.165) is 24.3 Å². The summed E-state index contributed by atoms with van der Waals surface area (Å²) in [5, 5.41) is 19.4. The van der Waals surface area contributed by atoms with E-state index in [9.17, 15) is 24.9 Å². The van der Waals surface area contributed by atoms with Crippen molar-refractivity contribution in [3.8, 4) is 80.6 Å². The molecule has 10 aromatic rings. The van der Waals surface area contributed by atoms with Crippen molar-refractivity contribution in [1.82, 2.24) is 28.7 Å². The first-order valence-corrected chi connectivity index (χ1v) is 22.5. The Morgan fingerprint density at radius 2 is 0.769 bits per heavy atom. The minimum Gasteiger partial charge on any atom is -0.423 e. The zero-order chi connectivity index (χ0) is 55.3. The molecule has 0 fully saturated rings. The second-order valence-electron chi connectivity index (χ2n) is 16.5. The molecule has 0 atom stereocenters. The van der Waals surface area contributed by atoms with Gasteiger partial charge in [0, 0.05) is 35.3 Å². The Kier molecular flexibility index (Phi) is 12.7. The van der Waals surface area contributed by atoms with Crippen LogP contribution in [0.5, 0.6) is 17.2 Å². The van der Waals surface area contributed by atoms with Crippen LogP contribution in [-0.2, 0) is 14.4 Å². The SMILES string of the molecule is [C-]#[N+]c1cc(F)c(-c2nc3c4c(nc(-c5cc(F)c(C#N)cc5F)n4-c4ccc(OC(=O)C=C)cc4)c4c(nc(-c5cc(F)c(C#N)cc5F)n4-c4ccc(OC(=O)C=C)cc4)c3n2-c2ccc(OC(=O)C=C)cc2)cc1F. The van der Waals surface area contributed by atoms with Gasteiger partial charge in [-0.2, -0.15) is 10.5 Å². The van der Waals surface area contributed by atoms with Crippen LogP contribution in [0.15, 0.2) is 147 Å². The second-order valence-corrected chi connectivity index (χ2v) is 16.5. The number of carbonyl (C=O) groups excluding carboxylic acids is 3. The van der Waals surface area contributed by atoms with Gasteiger partial charge < -0.3 is 14.2 Å². The van der Waals surface area contributed by atoms with E-state index in [1.165, 1.54) is 86.5 Å². The lowest BCUT2D eigenvalue weighted by Gasteiger charge is -2.14. The van der Waals surface area contributed by atoms with E-state index in [-0.39, 0.29) is 67.4 Å². The van der Waals surface area contributed by atoms with E-state index in [0.29, 0.717) is 30.3 Å². The number of hydrogen-bond donors (Lipinski definition) is 0. The molecule has 0 N–H and O–H groups in total. The Labute approximate surface area is 434 Å². The topological polar surface area (TPSA) is 184 Å². The molecule has 10 rings (SSSR count). The van der Waals surface area contributed by atoms with Gasteiger partial charge in [0.25, 0.3) is 0 Å². The summed E-state index contributed by atoms with van der Waals surface area (Å²) in [5.41, 5.74) is -4.57. The molecule has 0 aliphatic rings. The number of benzene rings is 7. The van der Waals surface area contributed by atoms with Crippen molar-refractivity contribution in [3.63, 3.8) is 0 Å². The van der Waals surface area contributed by atoms with E-state index in [1.807, 2.05) is 0 Å². The lowest BCUT2D eigenvalue weighted by molar-refractivity contribution is -0.129. The van der Waals surface area contributed by atoms with Gasteiger partial charge in [0.2, 0.25) is 5.69 Å². The molecule has 0 unspecified atom stereocenters. The fourth-order valence-corrected chi connectivity index (χ4v) is 8.57. The number of rotatable bonds is 12. The molecule has 0 saturated heterocycles. The highest BCUT2D eigenvalue weighted by atomic mass is 19.1. The van der Waals surface area contributed by atoms with E-state index < -0.39 is 104 Å². The molecule has 21 heteroatoms. The highest BCUT2D eigenvalue weighted by Gasteiger charge is 2.33. The summed E-state index contributed by atoms with van der Waals surface area (Å²) in [5.74, 6) is -10.7. The van der Waals surface area contributed by atoms with E-state index in [1.54, 1.807) is 12.1 Å². The van der Waals surface area contributed by atoms with Crippen molar-refractivity contribution >= 4 is 56.7 Å². The van der Waals surface area contributed by atoms with Crippen molar-refractivity contribution in [2.24, 2.45) is 0 Å². The molecule has 0 radical (unpaired) electrons. The third-order valence-corrected chi connectivity index (χ3v) is 12.0. The molecule has 3 heterocycles. The molecular formula is C57H27F6N9O6. The monoisotopic (exact) mass is 1050 g/mol. The highest BCUT2D eigenvalue weighted by molar-refractivity contribution is 6.22. The third kappa shape index (κ3) is 8.58. The maximum absolute atomic E-state index is 16.7. The Balaban J connectivity index is 1.48. The number of ether oxygens (including phenoxy) is 3. The molecule has 3 aromatic heterocycles. The number of aromatic nitrogens is 6. The minimum absolute atomic E-state index is 0.00509. The van der Waals surface area contributed by atoms with Crippen molar-refractivity contribution in [2.75, 3.05) is 0 Å². The van der Waals surface area contributed by atoms with Gasteiger partial charge >= 0.3 is 17.9 Å². The fourth-order valence-electron chi connectivity index (χ4n) is 8.57. The number of nitriles is 2. The van der Waals surface area contributed by atoms with Gasteiger partial charge in [0.1, 0.15) is 115 Å². The van der Waals surface area contributed by atoms with Gasteiger partial charge in [-0.1, -0.05) is 19.7 Å². The second kappa shape index (κ2) is 19.8. The maximum Gasteiger partial charge on any atom is 0.335 e. The molecule has 0 amide bonds. The summed E-state index contributed by atoms with van der Waals surface area (Å²) in [6.45, 7) is 17.7. The number of imidazole rings is 3. The van der Waals surface area contributed by atoms with Crippen molar-refractivity contribution in [2.45, 2.75) is 0 Å². The molecule has 0 aliphatic heterocycles. The zero-order valence-electron chi connectivity index (χ0n) is 39.5. The third-order valence-electron chi connectivity index (χ3n) is 12.0. The number of carbonyl (C=O) groups is 3. The van der Waals surface area contributed by atoms with Crippen molar-refractivity contribution < 1.29 is 54.9 Å². The Morgan fingerprint density at radius 3 is 1.05 bits per heavy atom. The normalized spacial score (nSPS) is 11.0. The summed E-state index contributed by atoms with van der Waals surface area (Å²) in [6.07, 6.45) is 2.74. The molecule has 15 nitrogen and oxygen atoms in total. The predicted octanol–water partition coefficient (Wildman–Crippen LogP) is 12.1. The molecule has 78 heavy (non-hydrogen) atoms. The van der Waals surface area contributed by atoms with Gasteiger partial charge in [-0.25, -0.2) is 60.5 Å². The molecular weight excluding hydrogens is 1020 g/mol. The average molecular weight is 1050 g/mol. The Hall–Kier alpha value is -11.4. The number of fused-ring (bicyclic) bond motifs is 6. The lowest BCUT2D eigenvalue weighted by atomic mass is 10.1. The standard InChI is InChI=1S/C57H27F6N9O6/c1-5-46(73)76-33-14-8-30(9-15-33)70-52-49-53(71(31-10-16-34(17-11-31)77-47(74)6-2)55(67-49)36-22-39(58)28(26-64)20-41(36)60)51-54(50(52)68-56(70)37-23-40(59)29(27-65)21-42(37)61)72(32-12-18-35(19-13-32)78-48(75)7-3)57(69-51)38-24-44(63)45(66-4)25-43(38)62/h5-25H,1-3H2. The van der Waals surface area contributed by atoms with Crippen LogP contribution < -0.4 is 14.2 Å². The van der Waals surface area contributed by atoms with Gasteiger partial charge in [0.15, 0.2) is 0 Å². The first-order valence-electron chi connectivity index (χ1n) is 22.5. The number of halogens is 6. The zero-order valence-corrected chi connectivity index (χ0v) is 39.5. The molecule has 0 saturated carbocycles. The van der Waals surface area contributed by atoms with Crippen LogP contribution >= 0.6 is 0 Å². The summed E-state index contributed by atoms with van der Waals surface area (Å²) >= 11 is 0. The largest absolute Gasteiger partial charge is 0.423 e. The number of nitrogens with zero attached hydrogens (tertiary/aromatic N) is 9.